The lowest BCUT2D eigenvalue weighted by molar-refractivity contribution is -0.134. The number of likely N-dealkylation sites (tertiary alicyclic amines) is 2. The van der Waals surface area contributed by atoms with E-state index in [4.69, 9.17) is 5.10 Å². The molecule has 3 aromatic rings. The third kappa shape index (κ3) is 4.71. The lowest BCUT2D eigenvalue weighted by Gasteiger charge is -2.33. The Kier molecular flexibility index (Phi) is 6.63. The summed E-state index contributed by atoms with van der Waals surface area (Å²) in [5.74, 6) is 0.877. The highest BCUT2D eigenvalue weighted by molar-refractivity contribution is 7.19. The number of fused-ring (bicyclic) bond motifs is 1. The number of carbonyl (C=O) groups excluding carboxylic acids is 2. The van der Waals surface area contributed by atoms with E-state index >= 15 is 0 Å². The van der Waals surface area contributed by atoms with Gasteiger partial charge in [-0.2, -0.15) is 9.61 Å². The zero-order valence-corrected chi connectivity index (χ0v) is 20.8. The van der Waals surface area contributed by atoms with Crippen LogP contribution in [0.25, 0.3) is 15.5 Å². The van der Waals surface area contributed by atoms with Gasteiger partial charge in [0.15, 0.2) is 5.82 Å². The molecule has 8 nitrogen and oxygen atoms in total. The molecule has 2 fully saturated rings. The molecule has 0 bridgehead atoms. The van der Waals surface area contributed by atoms with E-state index in [1.165, 1.54) is 24.2 Å². The van der Waals surface area contributed by atoms with Crippen LogP contribution in [0.4, 0.5) is 0 Å². The Morgan fingerprint density at radius 1 is 0.882 bits per heavy atom. The normalized spacial score (nSPS) is 21.2. The first-order valence-corrected chi connectivity index (χ1v) is 13.2. The third-order valence-electron chi connectivity index (χ3n) is 7.17. The van der Waals surface area contributed by atoms with Crippen LogP contribution in [0.15, 0.2) is 24.3 Å². The van der Waals surface area contributed by atoms with Gasteiger partial charge in [-0.1, -0.05) is 35.6 Å². The quantitative estimate of drug-likeness (QED) is 0.556. The summed E-state index contributed by atoms with van der Waals surface area (Å²) in [5, 5.41) is 14.0. The van der Waals surface area contributed by atoms with Crippen LogP contribution in [-0.2, 0) is 22.4 Å². The Labute approximate surface area is 204 Å². The van der Waals surface area contributed by atoms with Crippen LogP contribution in [0, 0.1) is 0 Å². The van der Waals surface area contributed by atoms with E-state index in [9.17, 15) is 9.59 Å². The summed E-state index contributed by atoms with van der Waals surface area (Å²) in [6.45, 7) is 5.94. The number of piperidine rings is 2. The van der Waals surface area contributed by atoms with Gasteiger partial charge in [0, 0.05) is 30.7 Å². The SMILES string of the molecule is C[C@H]1CCCCN1C(=O)Cc1ccc(-c2nn3c(CC(=O)N4CCCC[C@@H]4C)nnc3s2)cc1. The van der Waals surface area contributed by atoms with Crippen molar-refractivity contribution >= 4 is 28.1 Å². The molecule has 0 N–H and O–H groups in total. The molecule has 34 heavy (non-hydrogen) atoms. The summed E-state index contributed by atoms with van der Waals surface area (Å²) < 4.78 is 1.70. The number of aromatic nitrogens is 4. The van der Waals surface area contributed by atoms with E-state index in [0.29, 0.717) is 23.2 Å². The first-order chi connectivity index (χ1) is 16.5. The van der Waals surface area contributed by atoms with Crippen molar-refractivity contribution < 1.29 is 9.59 Å². The topological polar surface area (TPSA) is 83.7 Å². The van der Waals surface area contributed by atoms with Crippen molar-refractivity contribution in [2.24, 2.45) is 0 Å². The maximum atomic E-state index is 12.8. The fourth-order valence-electron chi connectivity index (χ4n) is 5.10. The number of amides is 2. The van der Waals surface area contributed by atoms with Gasteiger partial charge in [0.25, 0.3) is 0 Å². The van der Waals surface area contributed by atoms with Crippen LogP contribution in [0.3, 0.4) is 0 Å². The number of nitrogens with zero attached hydrogens (tertiary/aromatic N) is 6. The molecule has 9 heteroatoms. The van der Waals surface area contributed by atoms with Gasteiger partial charge < -0.3 is 9.80 Å². The molecule has 2 aliphatic heterocycles. The second kappa shape index (κ2) is 9.82. The van der Waals surface area contributed by atoms with Gasteiger partial charge in [0.05, 0.1) is 12.8 Å². The van der Waals surface area contributed by atoms with E-state index in [2.05, 4.69) is 24.0 Å². The van der Waals surface area contributed by atoms with E-state index in [1.54, 1.807) is 4.52 Å². The van der Waals surface area contributed by atoms with Gasteiger partial charge in [0.1, 0.15) is 5.01 Å². The Morgan fingerprint density at radius 2 is 1.50 bits per heavy atom. The number of rotatable bonds is 5. The average Bonchev–Trinajstić information content (AvgIpc) is 3.42. The molecule has 0 aliphatic carbocycles. The average molecular weight is 481 g/mol. The standard InChI is InChI=1S/C25H32N6O2S/c1-17-7-3-5-13-29(17)22(32)15-19-9-11-20(12-10-19)24-28-31-21(26-27-25(31)34-24)16-23(33)30-14-6-4-8-18(30)2/h9-12,17-18H,3-8,13-16H2,1-2H3/t17-,18-/m0/s1. The van der Waals surface area contributed by atoms with Crippen LogP contribution in [-0.4, -0.2) is 66.6 Å². The molecule has 2 amide bonds. The van der Waals surface area contributed by atoms with E-state index < -0.39 is 0 Å². The van der Waals surface area contributed by atoms with Crippen molar-refractivity contribution in [1.82, 2.24) is 29.6 Å². The highest BCUT2D eigenvalue weighted by Crippen LogP contribution is 2.27. The summed E-state index contributed by atoms with van der Waals surface area (Å²) in [5.41, 5.74) is 1.98. The molecule has 2 aromatic heterocycles. The minimum absolute atomic E-state index is 0.0908. The molecule has 0 unspecified atom stereocenters. The first-order valence-electron chi connectivity index (χ1n) is 12.4. The van der Waals surface area contributed by atoms with Crippen molar-refractivity contribution in [2.45, 2.75) is 77.3 Å². The monoisotopic (exact) mass is 480 g/mol. The fourth-order valence-corrected chi connectivity index (χ4v) is 5.96. The number of hydrogen-bond acceptors (Lipinski definition) is 6. The number of hydrogen-bond donors (Lipinski definition) is 0. The van der Waals surface area contributed by atoms with Gasteiger partial charge in [0.2, 0.25) is 16.8 Å². The van der Waals surface area contributed by atoms with Crippen LogP contribution in [0.2, 0.25) is 0 Å². The molecule has 0 radical (unpaired) electrons. The number of benzene rings is 1. The maximum Gasteiger partial charge on any atom is 0.234 e. The summed E-state index contributed by atoms with van der Waals surface area (Å²) >= 11 is 1.46. The molecule has 4 heterocycles. The molecular formula is C25H32N6O2S. The lowest BCUT2D eigenvalue weighted by Crippen LogP contribution is -2.43. The summed E-state index contributed by atoms with van der Waals surface area (Å²) in [4.78, 5) is 30.3. The van der Waals surface area contributed by atoms with Crippen LogP contribution < -0.4 is 0 Å². The van der Waals surface area contributed by atoms with Crippen molar-refractivity contribution in [3.8, 4) is 10.6 Å². The van der Waals surface area contributed by atoms with Crippen LogP contribution in [0.5, 0.6) is 0 Å². The van der Waals surface area contributed by atoms with Crippen LogP contribution >= 0.6 is 11.3 Å². The molecule has 180 valence electrons. The zero-order chi connectivity index (χ0) is 23.7. The largest absolute Gasteiger partial charge is 0.340 e. The summed E-state index contributed by atoms with van der Waals surface area (Å²) in [7, 11) is 0. The third-order valence-corrected chi connectivity index (χ3v) is 8.12. The highest BCUT2D eigenvalue weighted by Gasteiger charge is 2.26. The van der Waals surface area contributed by atoms with E-state index in [-0.39, 0.29) is 24.3 Å². The van der Waals surface area contributed by atoms with Crippen molar-refractivity contribution in [1.29, 1.82) is 0 Å². The Morgan fingerprint density at radius 3 is 2.12 bits per heavy atom. The van der Waals surface area contributed by atoms with Crippen molar-refractivity contribution in [2.75, 3.05) is 13.1 Å². The maximum absolute atomic E-state index is 12.8. The van der Waals surface area contributed by atoms with Gasteiger partial charge >= 0.3 is 0 Å². The second-order valence-corrected chi connectivity index (χ2v) is 10.6. The van der Waals surface area contributed by atoms with E-state index in [0.717, 1.165) is 54.9 Å². The molecule has 2 aliphatic rings. The molecule has 0 spiro atoms. The van der Waals surface area contributed by atoms with Gasteiger partial charge in [-0.3, -0.25) is 9.59 Å². The Balaban J connectivity index is 1.27. The minimum Gasteiger partial charge on any atom is -0.340 e. The Bertz CT molecular complexity index is 1170. The number of carbonyl (C=O) groups is 2. The highest BCUT2D eigenvalue weighted by atomic mass is 32.1. The predicted octanol–water partition coefficient (Wildman–Crippen LogP) is 3.74. The molecule has 2 atom stereocenters. The fraction of sp³-hybridized carbons (Fsp3) is 0.560. The van der Waals surface area contributed by atoms with Crippen molar-refractivity contribution in [3.63, 3.8) is 0 Å². The second-order valence-electron chi connectivity index (χ2n) is 9.63. The molecule has 5 rings (SSSR count). The zero-order valence-electron chi connectivity index (χ0n) is 19.9. The predicted molar refractivity (Wildman–Crippen MR) is 132 cm³/mol. The Hall–Kier alpha value is -2.81. The van der Waals surface area contributed by atoms with Crippen LogP contribution in [0.1, 0.15) is 63.8 Å². The molecule has 2 saturated heterocycles. The molecular weight excluding hydrogens is 448 g/mol. The van der Waals surface area contributed by atoms with Gasteiger partial charge in [-0.05, 0) is 57.9 Å². The molecule has 1 aromatic carbocycles. The lowest BCUT2D eigenvalue weighted by atomic mass is 10.0. The minimum atomic E-state index is 0.0908. The smallest absolute Gasteiger partial charge is 0.234 e. The molecule has 0 saturated carbocycles. The summed E-state index contributed by atoms with van der Waals surface area (Å²) in [6, 6.07) is 8.64. The van der Waals surface area contributed by atoms with Gasteiger partial charge in [-0.15, -0.1) is 10.2 Å². The first kappa shape index (κ1) is 23.0. The summed E-state index contributed by atoms with van der Waals surface area (Å²) in [6.07, 6.45) is 7.34. The van der Waals surface area contributed by atoms with E-state index in [1.807, 2.05) is 34.1 Å². The van der Waals surface area contributed by atoms with Crippen molar-refractivity contribution in [3.05, 3.63) is 35.7 Å². The van der Waals surface area contributed by atoms with Gasteiger partial charge in [-0.25, -0.2) is 0 Å².